The number of nitrogens with one attached hydrogen (secondary N) is 1. The highest BCUT2D eigenvalue weighted by Gasteiger charge is 2.25. The third-order valence-electron chi connectivity index (χ3n) is 4.33. The Morgan fingerprint density at radius 3 is 2.70 bits per heavy atom. The second-order valence-electron chi connectivity index (χ2n) is 6.12. The number of hydrogen-bond donors (Lipinski definition) is 1. The Hall–Kier alpha value is -1.53. The molecule has 0 heterocycles. The van der Waals surface area contributed by atoms with Gasteiger partial charge in [0.2, 0.25) is 0 Å². The van der Waals surface area contributed by atoms with Crippen LogP contribution in [0.5, 0.6) is 5.75 Å². The van der Waals surface area contributed by atoms with Crippen LogP contribution in [0.4, 0.5) is 0 Å². The van der Waals surface area contributed by atoms with Crippen molar-refractivity contribution in [2.45, 2.75) is 45.6 Å². The maximum Gasteiger partial charge on any atom is 0.136 e. The number of hydrogen-bond acceptors (Lipinski definition) is 3. The van der Waals surface area contributed by atoms with Gasteiger partial charge in [-0.3, -0.25) is 0 Å². The zero-order valence-electron chi connectivity index (χ0n) is 12.5. The summed E-state index contributed by atoms with van der Waals surface area (Å²) in [5, 5.41) is 12.6. The van der Waals surface area contributed by atoms with Crippen molar-refractivity contribution < 1.29 is 4.74 Å². The Morgan fingerprint density at radius 2 is 2.05 bits per heavy atom. The summed E-state index contributed by atoms with van der Waals surface area (Å²) in [6.07, 6.45) is 6.76. The number of nitriles is 1. The molecular weight excluding hydrogens is 248 g/mol. The number of rotatable bonds is 5. The molecule has 108 valence electrons. The molecule has 3 heteroatoms. The minimum Gasteiger partial charge on any atom is -0.495 e. The van der Waals surface area contributed by atoms with Crippen molar-refractivity contribution in [3.05, 3.63) is 29.3 Å². The van der Waals surface area contributed by atoms with Gasteiger partial charge in [0.1, 0.15) is 11.8 Å². The van der Waals surface area contributed by atoms with Crippen molar-refractivity contribution in [1.82, 2.24) is 5.32 Å². The molecule has 1 aliphatic carbocycles. The normalized spacial score (nSPS) is 17.4. The Balaban J connectivity index is 1.89. The molecule has 0 spiro atoms. The molecule has 0 aliphatic heterocycles. The van der Waals surface area contributed by atoms with Crippen molar-refractivity contribution in [2.24, 2.45) is 5.41 Å². The lowest BCUT2D eigenvalue weighted by Gasteiger charge is -2.33. The molecular formula is C17H24N2O. The van der Waals surface area contributed by atoms with Crippen LogP contribution in [-0.4, -0.2) is 13.7 Å². The van der Waals surface area contributed by atoms with Crippen molar-refractivity contribution in [3.8, 4) is 11.8 Å². The van der Waals surface area contributed by atoms with Gasteiger partial charge in [-0.15, -0.1) is 0 Å². The Labute approximate surface area is 121 Å². The van der Waals surface area contributed by atoms with E-state index in [2.05, 4.69) is 18.3 Å². The second-order valence-corrected chi connectivity index (χ2v) is 6.12. The van der Waals surface area contributed by atoms with Crippen LogP contribution in [0, 0.1) is 16.7 Å². The van der Waals surface area contributed by atoms with Crippen LogP contribution in [-0.2, 0) is 6.54 Å². The van der Waals surface area contributed by atoms with Crippen LogP contribution in [0.15, 0.2) is 18.2 Å². The minimum absolute atomic E-state index is 0.447. The molecule has 3 nitrogen and oxygen atoms in total. The number of nitrogens with zero attached hydrogens (tertiary/aromatic N) is 1. The first-order valence-corrected chi connectivity index (χ1v) is 7.45. The van der Waals surface area contributed by atoms with Crippen molar-refractivity contribution in [2.75, 3.05) is 13.7 Å². The first-order valence-electron chi connectivity index (χ1n) is 7.45. The summed E-state index contributed by atoms with van der Waals surface area (Å²) < 4.78 is 5.16. The SMILES string of the molecule is COc1ccc(CNCC2(C)CCCCC2)cc1C#N. The topological polar surface area (TPSA) is 45.0 Å². The second kappa shape index (κ2) is 6.76. The summed E-state index contributed by atoms with van der Waals surface area (Å²) in [5.41, 5.74) is 2.19. The number of benzene rings is 1. The van der Waals surface area contributed by atoms with Crippen LogP contribution >= 0.6 is 0 Å². The molecule has 0 bridgehead atoms. The Kier molecular flexibility index (Phi) is 5.03. The highest BCUT2D eigenvalue weighted by Crippen LogP contribution is 2.35. The van der Waals surface area contributed by atoms with E-state index in [9.17, 15) is 0 Å². The van der Waals surface area contributed by atoms with E-state index in [1.165, 1.54) is 32.1 Å². The van der Waals surface area contributed by atoms with Gasteiger partial charge in [0.05, 0.1) is 12.7 Å². The van der Waals surface area contributed by atoms with E-state index in [0.717, 1.165) is 18.7 Å². The Bertz CT molecular complexity index is 484. The summed E-state index contributed by atoms with van der Waals surface area (Å²) in [7, 11) is 1.60. The fourth-order valence-electron chi connectivity index (χ4n) is 3.04. The summed E-state index contributed by atoms with van der Waals surface area (Å²) in [4.78, 5) is 0. The standard InChI is InChI=1S/C17H24N2O/c1-17(8-4-3-5-9-17)13-19-12-14-6-7-16(20-2)15(10-14)11-18/h6-7,10,19H,3-5,8-9,12-13H2,1-2H3. The maximum atomic E-state index is 9.09. The minimum atomic E-state index is 0.447. The van der Waals surface area contributed by atoms with Crippen LogP contribution in [0.2, 0.25) is 0 Å². The van der Waals surface area contributed by atoms with Crippen molar-refractivity contribution >= 4 is 0 Å². The van der Waals surface area contributed by atoms with E-state index in [1.54, 1.807) is 7.11 Å². The largest absolute Gasteiger partial charge is 0.495 e. The summed E-state index contributed by atoms with van der Waals surface area (Å²) >= 11 is 0. The predicted octanol–water partition coefficient (Wildman–Crippen LogP) is 3.63. The average Bonchev–Trinajstić information content (AvgIpc) is 2.47. The smallest absolute Gasteiger partial charge is 0.136 e. The van der Waals surface area contributed by atoms with Gasteiger partial charge in [-0.1, -0.05) is 32.3 Å². The van der Waals surface area contributed by atoms with Crippen LogP contribution in [0.1, 0.15) is 50.2 Å². The third-order valence-corrected chi connectivity index (χ3v) is 4.33. The molecule has 1 N–H and O–H groups in total. The predicted molar refractivity (Wildman–Crippen MR) is 80.6 cm³/mol. The molecule has 1 aromatic carbocycles. The van der Waals surface area contributed by atoms with Gasteiger partial charge in [-0.2, -0.15) is 5.26 Å². The van der Waals surface area contributed by atoms with Gasteiger partial charge in [0.15, 0.2) is 0 Å². The lowest BCUT2D eigenvalue weighted by molar-refractivity contribution is 0.207. The molecule has 0 unspecified atom stereocenters. The lowest BCUT2D eigenvalue weighted by Crippen LogP contribution is -2.33. The Morgan fingerprint density at radius 1 is 1.30 bits per heavy atom. The van der Waals surface area contributed by atoms with E-state index in [1.807, 2.05) is 18.2 Å². The molecule has 0 radical (unpaired) electrons. The zero-order valence-corrected chi connectivity index (χ0v) is 12.5. The molecule has 0 saturated heterocycles. The van der Waals surface area contributed by atoms with Gasteiger partial charge in [0.25, 0.3) is 0 Å². The quantitative estimate of drug-likeness (QED) is 0.890. The molecule has 2 rings (SSSR count). The van der Waals surface area contributed by atoms with Crippen LogP contribution in [0.25, 0.3) is 0 Å². The molecule has 1 saturated carbocycles. The molecule has 0 amide bonds. The van der Waals surface area contributed by atoms with Crippen LogP contribution < -0.4 is 10.1 Å². The lowest BCUT2D eigenvalue weighted by atomic mass is 9.76. The third kappa shape index (κ3) is 3.74. The molecule has 1 aliphatic rings. The van der Waals surface area contributed by atoms with Crippen molar-refractivity contribution in [3.63, 3.8) is 0 Å². The average molecular weight is 272 g/mol. The first kappa shape index (κ1) is 14.9. The van der Waals surface area contributed by atoms with Gasteiger partial charge in [-0.05, 0) is 36.0 Å². The fourth-order valence-corrected chi connectivity index (χ4v) is 3.04. The molecule has 0 aromatic heterocycles. The van der Waals surface area contributed by atoms with E-state index in [0.29, 0.717) is 16.7 Å². The first-order chi connectivity index (χ1) is 9.67. The monoisotopic (exact) mass is 272 g/mol. The van der Waals surface area contributed by atoms with E-state index in [4.69, 9.17) is 10.00 Å². The number of methoxy groups -OCH3 is 1. The van der Waals surface area contributed by atoms with Gasteiger partial charge < -0.3 is 10.1 Å². The highest BCUT2D eigenvalue weighted by atomic mass is 16.5. The van der Waals surface area contributed by atoms with Gasteiger partial charge >= 0.3 is 0 Å². The maximum absolute atomic E-state index is 9.09. The summed E-state index contributed by atoms with van der Waals surface area (Å²) in [5.74, 6) is 0.649. The van der Waals surface area contributed by atoms with E-state index >= 15 is 0 Å². The summed E-state index contributed by atoms with van der Waals surface area (Å²) in [6.45, 7) is 4.25. The van der Waals surface area contributed by atoms with E-state index in [-0.39, 0.29) is 0 Å². The highest BCUT2D eigenvalue weighted by molar-refractivity contribution is 5.45. The molecule has 20 heavy (non-hydrogen) atoms. The fraction of sp³-hybridized carbons (Fsp3) is 0.588. The van der Waals surface area contributed by atoms with Gasteiger partial charge in [0, 0.05) is 13.1 Å². The number of ether oxygens (including phenoxy) is 1. The van der Waals surface area contributed by atoms with Gasteiger partial charge in [-0.25, -0.2) is 0 Å². The molecule has 1 fully saturated rings. The zero-order chi connectivity index (χ0) is 14.4. The molecule has 0 atom stereocenters. The summed E-state index contributed by atoms with van der Waals surface area (Å²) in [6, 6.07) is 7.99. The van der Waals surface area contributed by atoms with Crippen LogP contribution in [0.3, 0.4) is 0 Å². The van der Waals surface area contributed by atoms with Crippen molar-refractivity contribution in [1.29, 1.82) is 5.26 Å². The molecule has 1 aromatic rings. The van der Waals surface area contributed by atoms with E-state index < -0.39 is 0 Å².